The predicted octanol–water partition coefficient (Wildman–Crippen LogP) is 3.87. The second kappa shape index (κ2) is 8.79. The van der Waals surface area contributed by atoms with Crippen LogP contribution in [0.25, 0.3) is 0 Å². The maximum Gasteiger partial charge on any atom is 0.243 e. The zero-order valence-electron chi connectivity index (χ0n) is 18.7. The van der Waals surface area contributed by atoms with Crippen molar-refractivity contribution < 1.29 is 22.4 Å². The first-order valence-corrected chi connectivity index (χ1v) is 12.7. The van der Waals surface area contributed by atoms with Crippen LogP contribution in [0.4, 0.5) is 0 Å². The van der Waals surface area contributed by atoms with Crippen molar-refractivity contribution >= 4 is 10.0 Å². The number of aromatic nitrogens is 2. The largest absolute Gasteiger partial charge is 0.486 e. The molecule has 174 valence electrons. The van der Waals surface area contributed by atoms with Gasteiger partial charge in [-0.1, -0.05) is 36.3 Å². The molecule has 0 aliphatic carbocycles. The van der Waals surface area contributed by atoms with Gasteiger partial charge in [-0.05, 0) is 43.0 Å². The van der Waals surface area contributed by atoms with Crippen molar-refractivity contribution in [1.82, 2.24) is 14.4 Å². The lowest BCUT2D eigenvalue weighted by Crippen LogP contribution is -2.38. The third kappa shape index (κ3) is 4.22. The van der Waals surface area contributed by atoms with E-state index in [9.17, 15) is 8.42 Å². The first-order chi connectivity index (χ1) is 15.9. The van der Waals surface area contributed by atoms with E-state index in [4.69, 9.17) is 14.0 Å². The fourth-order valence-electron chi connectivity index (χ4n) is 4.48. The Morgan fingerprint density at radius 2 is 1.76 bits per heavy atom. The Kier molecular flexibility index (Phi) is 5.84. The van der Waals surface area contributed by atoms with E-state index in [1.165, 1.54) is 15.4 Å². The number of nitrogens with zero attached hydrogens (tertiary/aromatic N) is 3. The first kappa shape index (κ1) is 21.9. The number of ether oxygens (including phenoxy) is 2. The predicted molar refractivity (Wildman–Crippen MR) is 121 cm³/mol. The van der Waals surface area contributed by atoms with Crippen molar-refractivity contribution in [3.8, 4) is 11.5 Å². The summed E-state index contributed by atoms with van der Waals surface area (Å²) < 4.78 is 44.5. The van der Waals surface area contributed by atoms with Crippen LogP contribution in [0.5, 0.6) is 11.5 Å². The van der Waals surface area contributed by atoms with E-state index in [1.807, 2.05) is 12.1 Å². The molecule has 1 saturated heterocycles. The zero-order valence-corrected chi connectivity index (χ0v) is 19.5. The van der Waals surface area contributed by atoms with Gasteiger partial charge in [-0.15, -0.1) is 0 Å². The van der Waals surface area contributed by atoms with Crippen LogP contribution in [0.15, 0.2) is 51.9 Å². The Hall–Kier alpha value is -2.91. The van der Waals surface area contributed by atoms with Gasteiger partial charge < -0.3 is 14.0 Å². The molecular formula is C24H27N3O5S. The molecular weight excluding hydrogens is 442 g/mol. The summed E-state index contributed by atoms with van der Waals surface area (Å²) in [5.41, 5.74) is 2.36. The van der Waals surface area contributed by atoms with Gasteiger partial charge in [-0.3, -0.25) is 0 Å². The maximum absolute atomic E-state index is 13.2. The number of hydrogen-bond acceptors (Lipinski definition) is 7. The van der Waals surface area contributed by atoms with Crippen LogP contribution in [0, 0.1) is 6.92 Å². The third-order valence-electron chi connectivity index (χ3n) is 6.45. The summed E-state index contributed by atoms with van der Waals surface area (Å²) in [6, 6.07) is 13.0. The van der Waals surface area contributed by atoms with E-state index in [2.05, 4.69) is 36.1 Å². The van der Waals surface area contributed by atoms with Crippen molar-refractivity contribution in [2.75, 3.05) is 26.3 Å². The van der Waals surface area contributed by atoms with E-state index < -0.39 is 10.0 Å². The highest BCUT2D eigenvalue weighted by Gasteiger charge is 2.33. The van der Waals surface area contributed by atoms with Crippen LogP contribution >= 0.6 is 0 Å². The quantitative estimate of drug-likeness (QED) is 0.560. The number of piperidine rings is 1. The number of rotatable bonds is 5. The van der Waals surface area contributed by atoms with Crippen molar-refractivity contribution in [1.29, 1.82) is 0 Å². The average Bonchev–Trinajstić information content (AvgIpc) is 3.34. The van der Waals surface area contributed by atoms with Crippen LogP contribution in [0.3, 0.4) is 0 Å². The van der Waals surface area contributed by atoms with Gasteiger partial charge in [0.25, 0.3) is 0 Å². The summed E-state index contributed by atoms with van der Waals surface area (Å²) in [4.78, 5) is 4.89. The van der Waals surface area contributed by atoms with Crippen LogP contribution in [-0.4, -0.2) is 49.2 Å². The van der Waals surface area contributed by atoms with E-state index in [-0.39, 0.29) is 16.7 Å². The smallest absolute Gasteiger partial charge is 0.243 e. The molecule has 0 radical (unpaired) electrons. The summed E-state index contributed by atoms with van der Waals surface area (Å²) >= 11 is 0. The van der Waals surface area contributed by atoms with Gasteiger partial charge in [-0.2, -0.15) is 9.29 Å². The molecule has 0 spiro atoms. The minimum absolute atomic E-state index is 0.0272. The molecule has 0 N–H and O–H groups in total. The highest BCUT2D eigenvalue weighted by molar-refractivity contribution is 7.89. The van der Waals surface area contributed by atoms with Crippen LogP contribution in [0.2, 0.25) is 0 Å². The van der Waals surface area contributed by atoms with Gasteiger partial charge in [0, 0.05) is 31.0 Å². The average molecular weight is 470 g/mol. The Morgan fingerprint density at radius 1 is 1.03 bits per heavy atom. The number of sulfonamides is 1. The van der Waals surface area contributed by atoms with Crippen LogP contribution in [0.1, 0.15) is 54.4 Å². The molecule has 1 unspecified atom stereocenters. The SMILES string of the molecule is Cc1ccccc1C(C)c1noc(C2CCN(S(=O)(=O)c3ccc4c(c3)OCCO4)CC2)n1. The number of benzene rings is 2. The number of fused-ring (bicyclic) bond motifs is 1. The van der Waals surface area contributed by atoms with Gasteiger partial charge in [-0.25, -0.2) is 8.42 Å². The molecule has 2 aliphatic heterocycles. The van der Waals surface area contributed by atoms with Crippen molar-refractivity contribution in [2.45, 2.75) is 43.4 Å². The lowest BCUT2D eigenvalue weighted by molar-refractivity contribution is 0.171. The Bertz CT molecular complexity index is 1250. The fourth-order valence-corrected chi connectivity index (χ4v) is 5.96. The first-order valence-electron chi connectivity index (χ1n) is 11.2. The third-order valence-corrected chi connectivity index (χ3v) is 8.35. The highest BCUT2D eigenvalue weighted by atomic mass is 32.2. The molecule has 0 amide bonds. The van der Waals surface area contributed by atoms with Crippen molar-refractivity contribution in [3.63, 3.8) is 0 Å². The monoisotopic (exact) mass is 469 g/mol. The Labute approximate surface area is 193 Å². The summed E-state index contributed by atoms with van der Waals surface area (Å²) in [5, 5.41) is 4.22. The normalized spacial score (nSPS) is 18.2. The zero-order chi connectivity index (χ0) is 23.0. The van der Waals surface area contributed by atoms with Gasteiger partial charge in [0.2, 0.25) is 15.9 Å². The molecule has 8 nitrogen and oxygen atoms in total. The number of aryl methyl sites for hydroxylation is 1. The van der Waals surface area contributed by atoms with Crippen LogP contribution < -0.4 is 9.47 Å². The van der Waals surface area contributed by atoms with E-state index in [0.717, 1.165) is 0 Å². The molecule has 3 heterocycles. The molecule has 0 saturated carbocycles. The minimum Gasteiger partial charge on any atom is -0.486 e. The molecule has 3 aromatic rings. The Balaban J connectivity index is 1.26. The molecule has 9 heteroatoms. The second-order valence-electron chi connectivity index (χ2n) is 8.55. The number of hydrogen-bond donors (Lipinski definition) is 0. The molecule has 1 fully saturated rings. The van der Waals surface area contributed by atoms with Gasteiger partial charge in [0.05, 0.1) is 4.90 Å². The minimum atomic E-state index is -3.62. The lowest BCUT2D eigenvalue weighted by atomic mass is 9.95. The van der Waals surface area contributed by atoms with Gasteiger partial charge in [0.1, 0.15) is 13.2 Å². The molecule has 2 aromatic carbocycles. The van der Waals surface area contributed by atoms with Crippen molar-refractivity contribution in [2.24, 2.45) is 0 Å². The topological polar surface area (TPSA) is 94.8 Å². The van der Waals surface area contributed by atoms with E-state index in [1.54, 1.807) is 18.2 Å². The highest BCUT2D eigenvalue weighted by Crippen LogP contribution is 2.35. The molecule has 0 bridgehead atoms. The molecule has 2 aliphatic rings. The standard InChI is InChI=1S/C24H27N3O5S/c1-16-5-3-4-6-20(16)17(2)23-25-24(32-26-23)18-9-11-27(12-10-18)33(28,29)19-7-8-21-22(15-19)31-14-13-30-21/h3-8,15,17-18H,9-14H2,1-2H3. The molecule has 5 rings (SSSR count). The second-order valence-corrected chi connectivity index (χ2v) is 10.5. The van der Waals surface area contributed by atoms with Gasteiger partial charge >= 0.3 is 0 Å². The van der Waals surface area contributed by atoms with E-state index in [0.29, 0.717) is 62.4 Å². The van der Waals surface area contributed by atoms with Crippen LogP contribution in [-0.2, 0) is 10.0 Å². The summed E-state index contributed by atoms with van der Waals surface area (Å²) in [5.74, 6) is 2.36. The summed E-state index contributed by atoms with van der Waals surface area (Å²) in [7, 11) is -3.62. The van der Waals surface area contributed by atoms with E-state index >= 15 is 0 Å². The summed E-state index contributed by atoms with van der Waals surface area (Å²) in [6.07, 6.45) is 1.26. The van der Waals surface area contributed by atoms with Gasteiger partial charge in [0.15, 0.2) is 17.3 Å². The fraction of sp³-hybridized carbons (Fsp3) is 0.417. The summed E-state index contributed by atoms with van der Waals surface area (Å²) in [6.45, 7) is 5.81. The Morgan fingerprint density at radius 3 is 2.52 bits per heavy atom. The maximum atomic E-state index is 13.2. The lowest BCUT2D eigenvalue weighted by Gasteiger charge is -2.30. The molecule has 33 heavy (non-hydrogen) atoms. The molecule has 1 aromatic heterocycles. The van der Waals surface area contributed by atoms with Crippen molar-refractivity contribution in [3.05, 3.63) is 65.3 Å². The molecule has 1 atom stereocenters.